The molecule has 0 unspecified atom stereocenters. The van der Waals surface area contributed by atoms with Crippen LogP contribution in [0.2, 0.25) is 0 Å². The Balaban J connectivity index is 1.61. The molecule has 2 aromatic heterocycles. The Kier molecular flexibility index (Phi) is 8.82. The molecule has 38 heavy (non-hydrogen) atoms. The molecule has 0 spiro atoms. The van der Waals surface area contributed by atoms with Gasteiger partial charge in [-0.25, -0.2) is 9.78 Å². The Morgan fingerprint density at radius 1 is 1.11 bits per heavy atom. The van der Waals surface area contributed by atoms with Crippen molar-refractivity contribution in [1.82, 2.24) is 4.98 Å². The summed E-state index contributed by atoms with van der Waals surface area (Å²) in [6.45, 7) is 10.3. The van der Waals surface area contributed by atoms with Gasteiger partial charge in [0.15, 0.2) is 0 Å². The number of ether oxygens (including phenoxy) is 1. The number of hydrogen-bond donors (Lipinski definition) is 1. The summed E-state index contributed by atoms with van der Waals surface area (Å²) in [6, 6.07) is 5.65. The third kappa shape index (κ3) is 6.96. The van der Waals surface area contributed by atoms with E-state index in [0.29, 0.717) is 22.4 Å². The lowest BCUT2D eigenvalue weighted by atomic mass is 9.81. The number of pyridine rings is 1. The van der Waals surface area contributed by atoms with Gasteiger partial charge in [-0.3, -0.25) is 4.79 Å². The number of hydrogen-bond acceptors (Lipinski definition) is 5. The standard InChI is InChI=1S/C31H40N2O4S/c1-20-8-10-22(11-9-20)29(34)33(26-19-25(16-17-31(3,4)5)38-27(26)30(35)36)23-12-14-24(15-13-23)37-28-21(2)7-6-18-32-28/h6-7,18-20,22-24H,8-15H2,1-5H3,(H,35,36). The van der Waals surface area contributed by atoms with E-state index in [2.05, 4.69) is 23.7 Å². The highest BCUT2D eigenvalue weighted by Gasteiger charge is 2.38. The average Bonchev–Trinajstić information content (AvgIpc) is 3.29. The van der Waals surface area contributed by atoms with Crippen molar-refractivity contribution in [3.05, 3.63) is 39.7 Å². The van der Waals surface area contributed by atoms with Crippen LogP contribution in [0.1, 0.15) is 99.2 Å². The van der Waals surface area contributed by atoms with Crippen LogP contribution in [0, 0.1) is 36.0 Å². The predicted octanol–water partition coefficient (Wildman–Crippen LogP) is 7.10. The van der Waals surface area contributed by atoms with Crippen molar-refractivity contribution in [2.24, 2.45) is 17.3 Å². The smallest absolute Gasteiger partial charge is 0.348 e. The quantitative estimate of drug-likeness (QED) is 0.399. The molecular weight excluding hydrogens is 496 g/mol. The van der Waals surface area contributed by atoms with Crippen molar-refractivity contribution in [2.45, 2.75) is 98.1 Å². The van der Waals surface area contributed by atoms with Gasteiger partial charge in [-0.15, -0.1) is 11.3 Å². The number of amides is 1. The summed E-state index contributed by atoms with van der Waals surface area (Å²) in [5.74, 6) is 6.65. The molecule has 2 aliphatic rings. The highest BCUT2D eigenvalue weighted by atomic mass is 32.1. The van der Waals surface area contributed by atoms with Crippen molar-refractivity contribution in [3.8, 4) is 17.7 Å². The molecule has 2 saturated carbocycles. The second-order valence-corrected chi connectivity index (χ2v) is 13.0. The summed E-state index contributed by atoms with van der Waals surface area (Å²) in [4.78, 5) is 33.5. The summed E-state index contributed by atoms with van der Waals surface area (Å²) in [6.07, 6.45) is 8.63. The van der Waals surface area contributed by atoms with Gasteiger partial charge in [-0.2, -0.15) is 0 Å². The van der Waals surface area contributed by atoms with E-state index < -0.39 is 5.97 Å². The van der Waals surface area contributed by atoms with E-state index in [1.807, 2.05) is 50.8 Å². The van der Waals surface area contributed by atoms with Gasteiger partial charge >= 0.3 is 5.97 Å². The molecular formula is C31H40N2O4S. The van der Waals surface area contributed by atoms with E-state index >= 15 is 0 Å². The maximum atomic E-state index is 14.1. The second-order valence-electron chi connectivity index (χ2n) is 12.0. The Labute approximate surface area is 230 Å². The topological polar surface area (TPSA) is 79.7 Å². The third-order valence-electron chi connectivity index (χ3n) is 7.58. The van der Waals surface area contributed by atoms with Crippen molar-refractivity contribution in [2.75, 3.05) is 4.90 Å². The van der Waals surface area contributed by atoms with Gasteiger partial charge in [-0.1, -0.05) is 24.8 Å². The lowest BCUT2D eigenvalue weighted by molar-refractivity contribution is -0.124. The Hall–Kier alpha value is -2.85. The van der Waals surface area contributed by atoms with E-state index in [4.69, 9.17) is 4.74 Å². The van der Waals surface area contributed by atoms with Gasteiger partial charge in [0.05, 0.1) is 10.6 Å². The largest absolute Gasteiger partial charge is 0.477 e. The number of nitrogens with zero attached hydrogens (tertiary/aromatic N) is 2. The van der Waals surface area contributed by atoms with Crippen molar-refractivity contribution in [1.29, 1.82) is 0 Å². The third-order valence-corrected chi connectivity index (χ3v) is 8.61. The molecule has 2 fully saturated rings. The van der Waals surface area contributed by atoms with Gasteiger partial charge in [-0.05, 0) is 97.1 Å². The van der Waals surface area contributed by atoms with Crippen LogP contribution < -0.4 is 9.64 Å². The van der Waals surface area contributed by atoms with Crippen molar-refractivity contribution in [3.63, 3.8) is 0 Å². The number of aromatic nitrogens is 1. The molecule has 0 bridgehead atoms. The fraction of sp³-hybridized carbons (Fsp3) is 0.581. The minimum absolute atomic E-state index is 0.0296. The summed E-state index contributed by atoms with van der Waals surface area (Å²) >= 11 is 1.17. The van der Waals surface area contributed by atoms with Crippen LogP contribution in [0.25, 0.3) is 0 Å². The van der Waals surface area contributed by atoms with Crippen LogP contribution in [0.15, 0.2) is 24.4 Å². The van der Waals surface area contributed by atoms with Crippen molar-refractivity contribution < 1.29 is 19.4 Å². The number of carbonyl (C=O) groups is 2. The molecule has 0 atom stereocenters. The van der Waals surface area contributed by atoms with Crippen molar-refractivity contribution >= 4 is 28.9 Å². The summed E-state index contributed by atoms with van der Waals surface area (Å²) in [5, 5.41) is 10.1. The second kappa shape index (κ2) is 11.9. The van der Waals surface area contributed by atoms with Crippen LogP contribution in [-0.4, -0.2) is 34.1 Å². The fourth-order valence-electron chi connectivity index (χ4n) is 5.40. The number of thiophene rings is 1. The fourth-order valence-corrected chi connectivity index (χ4v) is 6.24. The zero-order valence-electron chi connectivity index (χ0n) is 23.3. The molecule has 7 heteroatoms. The zero-order valence-corrected chi connectivity index (χ0v) is 24.1. The minimum Gasteiger partial charge on any atom is -0.477 e. The first-order valence-electron chi connectivity index (χ1n) is 13.8. The molecule has 4 rings (SSSR count). The minimum atomic E-state index is -1.01. The first-order valence-corrected chi connectivity index (χ1v) is 14.6. The van der Waals surface area contributed by atoms with Gasteiger partial charge in [0.25, 0.3) is 0 Å². The SMILES string of the molecule is Cc1cccnc1OC1CCC(N(C(=O)C2CCC(C)CC2)c2cc(C#CC(C)(C)C)sc2C(=O)O)CC1. The number of carbonyl (C=O) groups excluding carboxylic acids is 1. The first kappa shape index (κ1) is 28.2. The molecule has 1 amide bonds. The summed E-state index contributed by atoms with van der Waals surface area (Å²) in [7, 11) is 0. The molecule has 0 aromatic carbocycles. The number of aromatic carboxylic acids is 1. The molecule has 2 aliphatic carbocycles. The van der Waals surface area contributed by atoms with Gasteiger partial charge in [0.1, 0.15) is 11.0 Å². The highest BCUT2D eigenvalue weighted by molar-refractivity contribution is 7.15. The Morgan fingerprint density at radius 3 is 2.39 bits per heavy atom. The van der Waals surface area contributed by atoms with Crippen LogP contribution in [0.4, 0.5) is 5.69 Å². The molecule has 0 aliphatic heterocycles. The summed E-state index contributed by atoms with van der Waals surface area (Å²) < 4.78 is 6.21. The number of carboxylic acids is 1. The van der Waals surface area contributed by atoms with Crippen LogP contribution in [0.3, 0.4) is 0 Å². The Morgan fingerprint density at radius 2 is 1.79 bits per heavy atom. The lowest BCUT2D eigenvalue weighted by Crippen LogP contribution is -2.47. The van der Waals surface area contributed by atoms with Gasteiger partial charge < -0.3 is 14.7 Å². The highest BCUT2D eigenvalue weighted by Crippen LogP contribution is 2.39. The molecule has 2 aromatic rings. The molecule has 1 N–H and O–H groups in total. The number of anilines is 1. The van der Waals surface area contributed by atoms with E-state index in [1.54, 1.807) is 6.20 Å². The average molecular weight is 537 g/mol. The first-order chi connectivity index (χ1) is 18.0. The predicted molar refractivity (Wildman–Crippen MR) is 152 cm³/mol. The number of carboxylic acid groups (broad SMARTS) is 1. The van der Waals surface area contributed by atoms with E-state index in [9.17, 15) is 14.7 Å². The van der Waals surface area contributed by atoms with Gasteiger partial charge in [0, 0.05) is 29.1 Å². The van der Waals surface area contributed by atoms with Crippen LogP contribution in [-0.2, 0) is 4.79 Å². The normalized spacial score (nSPS) is 23.7. The monoisotopic (exact) mass is 536 g/mol. The zero-order chi connectivity index (χ0) is 27.4. The molecule has 0 radical (unpaired) electrons. The maximum Gasteiger partial charge on any atom is 0.348 e. The van der Waals surface area contributed by atoms with Gasteiger partial charge in [0.2, 0.25) is 11.8 Å². The molecule has 204 valence electrons. The summed E-state index contributed by atoms with van der Waals surface area (Å²) in [5.41, 5.74) is 1.31. The number of rotatable bonds is 6. The molecule has 0 saturated heterocycles. The van der Waals surface area contributed by atoms with Crippen LogP contribution >= 0.6 is 11.3 Å². The maximum absolute atomic E-state index is 14.1. The lowest BCUT2D eigenvalue weighted by Gasteiger charge is -2.39. The van der Waals surface area contributed by atoms with E-state index in [1.165, 1.54) is 11.3 Å². The van der Waals surface area contributed by atoms with E-state index in [-0.39, 0.29) is 34.3 Å². The van der Waals surface area contributed by atoms with E-state index in [0.717, 1.165) is 56.9 Å². The molecule has 2 heterocycles. The number of aryl methyl sites for hydroxylation is 1. The van der Waals surface area contributed by atoms with Crippen LogP contribution in [0.5, 0.6) is 5.88 Å². The molecule has 6 nitrogen and oxygen atoms in total. The Bertz CT molecular complexity index is 1200.